The monoisotopic (exact) mass is 200 g/mol. The Balaban J connectivity index is 0. The van der Waals surface area contributed by atoms with Crippen LogP contribution in [0.15, 0.2) is 0 Å². The summed E-state index contributed by atoms with van der Waals surface area (Å²) in [5.41, 5.74) is 4.79. The number of hydrogen-bond donors (Lipinski definition) is 3. The number of carbonyl (C=O) groups is 2. The van der Waals surface area contributed by atoms with Gasteiger partial charge in [0.2, 0.25) is 5.91 Å². The molecule has 0 aliphatic rings. The van der Waals surface area contributed by atoms with E-state index in [1.54, 1.807) is 0 Å². The van der Waals surface area contributed by atoms with Crippen molar-refractivity contribution >= 4 is 24.7 Å². The van der Waals surface area contributed by atoms with Crippen molar-refractivity contribution in [3.63, 3.8) is 0 Å². The molecule has 3 N–H and O–H groups in total. The van der Waals surface area contributed by atoms with Gasteiger partial charge in [-0.2, -0.15) is 0 Å². The average Bonchev–Trinajstić information content (AvgIpc) is 1.87. The minimum absolute atomic E-state index is 0. The minimum Gasteiger partial charge on any atom is -0.548 e. The second-order valence-electron chi connectivity index (χ2n) is 2.01. The molecule has 0 unspecified atom stereocenters. The Morgan fingerprint density at radius 3 is 2.33 bits per heavy atom. The summed E-state index contributed by atoms with van der Waals surface area (Å²) >= 11 is 3.53. The zero-order chi connectivity index (χ0) is 8.85. The number of rotatable bonds is 5. The number of carboxylic acids is 1. The van der Waals surface area contributed by atoms with Gasteiger partial charge in [0.05, 0.1) is 12.0 Å². The number of nitrogens with two attached hydrogens (primary N) is 1. The summed E-state index contributed by atoms with van der Waals surface area (Å²) in [5, 5.41) is 10.2. The van der Waals surface area contributed by atoms with Gasteiger partial charge in [0, 0.05) is 6.42 Å². The minimum atomic E-state index is -1.29. The molecule has 0 bridgehead atoms. The Morgan fingerprint density at radius 1 is 1.58 bits per heavy atom. The van der Waals surface area contributed by atoms with E-state index in [9.17, 15) is 14.7 Å². The van der Waals surface area contributed by atoms with Crippen LogP contribution >= 0.6 is 12.8 Å². The second kappa shape index (κ2) is 7.88. The molecule has 0 aromatic heterocycles. The molecule has 0 aromatic rings. The molecule has 0 aliphatic heterocycles. The number of carboxylic acid groups (broad SMARTS) is 1. The van der Waals surface area contributed by atoms with Gasteiger partial charge in [0.1, 0.15) is 0 Å². The number of nitrogens with one attached hydrogen (secondary N) is 1. The predicted octanol–water partition coefficient (Wildman–Crippen LogP) is -5.19. The second-order valence-corrected chi connectivity index (χ2v) is 2.26. The molecule has 0 saturated heterocycles. The third kappa shape index (κ3) is 6.93. The molecule has 0 heterocycles. The summed E-state index contributed by atoms with van der Waals surface area (Å²) in [4.78, 5) is 20.4. The standard InChI is InChI=1S/C5H10N2O3S.Na/c6-4(8)2-1-3(7-11)5(9)10;/h3,7,11H,1-2H2,(H2,6,8)(H,9,10);/q;+1/p-1/t3-;/m0./s1. The van der Waals surface area contributed by atoms with Crippen LogP contribution in [0.4, 0.5) is 0 Å². The molecule has 0 aromatic carbocycles. The summed E-state index contributed by atoms with van der Waals surface area (Å²) in [5.74, 6) is -1.83. The largest absolute Gasteiger partial charge is 1.00 e. The van der Waals surface area contributed by atoms with Crippen LogP contribution in [0, 0.1) is 0 Å². The SMILES string of the molecule is NC(=O)CC[C@H](NS)C(=O)[O-].[Na+]. The van der Waals surface area contributed by atoms with Crippen molar-refractivity contribution < 1.29 is 44.3 Å². The molecule has 0 saturated carbocycles. The van der Waals surface area contributed by atoms with Crippen molar-refractivity contribution in [3.05, 3.63) is 0 Å². The van der Waals surface area contributed by atoms with Gasteiger partial charge in [-0.25, -0.2) is 0 Å². The summed E-state index contributed by atoms with van der Waals surface area (Å²) in [6.07, 6.45) is 0.105. The first-order valence-corrected chi connectivity index (χ1v) is 3.41. The number of aliphatic carboxylic acids is 1. The molecule has 0 radical (unpaired) electrons. The van der Waals surface area contributed by atoms with Crippen molar-refractivity contribution in [1.82, 2.24) is 4.72 Å². The van der Waals surface area contributed by atoms with E-state index in [2.05, 4.69) is 17.5 Å². The smallest absolute Gasteiger partial charge is 0.548 e. The molecule has 5 nitrogen and oxygen atoms in total. The van der Waals surface area contributed by atoms with Crippen molar-refractivity contribution in [2.24, 2.45) is 5.73 Å². The van der Waals surface area contributed by atoms with Gasteiger partial charge < -0.3 is 15.6 Å². The number of hydrogen-bond acceptors (Lipinski definition) is 5. The molecule has 0 aliphatic carbocycles. The Kier molecular flexibility index (Phi) is 9.69. The first-order valence-electron chi connectivity index (χ1n) is 2.96. The summed E-state index contributed by atoms with van der Waals surface area (Å²) in [6.45, 7) is 0. The molecular formula is C5H9N2NaO3S. The maximum Gasteiger partial charge on any atom is 1.00 e. The fraction of sp³-hybridized carbons (Fsp3) is 0.600. The van der Waals surface area contributed by atoms with Crippen LogP contribution in [0.25, 0.3) is 0 Å². The molecule has 0 fully saturated rings. The maximum atomic E-state index is 10.2. The first kappa shape index (κ1) is 14.8. The molecule has 64 valence electrons. The van der Waals surface area contributed by atoms with E-state index >= 15 is 0 Å². The topological polar surface area (TPSA) is 95.2 Å². The van der Waals surface area contributed by atoms with Crippen molar-refractivity contribution in [2.75, 3.05) is 0 Å². The maximum absolute atomic E-state index is 10.2. The number of primary amides is 1. The Bertz CT molecular complexity index is 167. The Labute approximate surface area is 97.9 Å². The molecule has 1 atom stereocenters. The molecular weight excluding hydrogens is 191 g/mol. The van der Waals surface area contributed by atoms with Gasteiger partial charge in [0.15, 0.2) is 0 Å². The van der Waals surface area contributed by atoms with Crippen LogP contribution in [0.2, 0.25) is 0 Å². The van der Waals surface area contributed by atoms with Gasteiger partial charge in [-0.1, -0.05) is 12.8 Å². The molecule has 1 amide bonds. The third-order valence-electron chi connectivity index (χ3n) is 1.12. The fourth-order valence-corrected chi connectivity index (χ4v) is 0.756. The van der Waals surface area contributed by atoms with E-state index in [1.807, 2.05) is 0 Å². The van der Waals surface area contributed by atoms with E-state index in [-0.39, 0.29) is 42.4 Å². The van der Waals surface area contributed by atoms with Crippen LogP contribution in [-0.4, -0.2) is 17.9 Å². The van der Waals surface area contributed by atoms with Gasteiger partial charge in [0.25, 0.3) is 0 Å². The molecule has 12 heavy (non-hydrogen) atoms. The first-order chi connectivity index (χ1) is 5.07. The van der Waals surface area contributed by atoms with E-state index in [4.69, 9.17) is 5.73 Å². The van der Waals surface area contributed by atoms with Gasteiger partial charge in [-0.15, -0.1) is 0 Å². The van der Waals surface area contributed by atoms with Gasteiger partial charge in [-0.05, 0) is 6.42 Å². The van der Waals surface area contributed by atoms with Crippen molar-refractivity contribution in [3.8, 4) is 0 Å². The van der Waals surface area contributed by atoms with E-state index in [0.717, 1.165) is 0 Å². The number of amides is 1. The van der Waals surface area contributed by atoms with Crippen molar-refractivity contribution in [2.45, 2.75) is 18.9 Å². The average molecular weight is 200 g/mol. The Hall–Kier alpha value is 0.250. The third-order valence-corrected chi connectivity index (χ3v) is 1.43. The van der Waals surface area contributed by atoms with Crippen LogP contribution in [0.5, 0.6) is 0 Å². The normalized spacial score (nSPS) is 11.4. The zero-order valence-electron chi connectivity index (χ0n) is 6.74. The summed E-state index contributed by atoms with van der Waals surface area (Å²) < 4.78 is 2.18. The quantitative estimate of drug-likeness (QED) is 0.305. The molecule has 0 spiro atoms. The number of thiol groups is 1. The van der Waals surface area contributed by atoms with Crippen LogP contribution in [0.1, 0.15) is 12.8 Å². The zero-order valence-corrected chi connectivity index (χ0v) is 9.64. The summed E-state index contributed by atoms with van der Waals surface area (Å²) in [6, 6.07) is -0.925. The fourth-order valence-electron chi connectivity index (χ4n) is 0.522. The van der Waals surface area contributed by atoms with E-state index < -0.39 is 17.9 Å². The van der Waals surface area contributed by atoms with E-state index in [0.29, 0.717) is 0 Å². The van der Waals surface area contributed by atoms with Gasteiger partial charge in [-0.3, -0.25) is 9.52 Å². The molecule has 0 rings (SSSR count). The van der Waals surface area contributed by atoms with E-state index in [1.165, 1.54) is 0 Å². The van der Waals surface area contributed by atoms with Crippen LogP contribution in [-0.2, 0) is 9.59 Å². The predicted molar refractivity (Wildman–Crippen MR) is 39.3 cm³/mol. The van der Waals surface area contributed by atoms with Gasteiger partial charge >= 0.3 is 29.6 Å². The van der Waals surface area contributed by atoms with Crippen LogP contribution in [0.3, 0.4) is 0 Å². The molecule has 7 heteroatoms. The summed E-state index contributed by atoms with van der Waals surface area (Å²) in [7, 11) is 0. The number of carbonyl (C=O) groups excluding carboxylic acids is 2. The van der Waals surface area contributed by atoms with Crippen LogP contribution < -0.4 is 45.1 Å². The van der Waals surface area contributed by atoms with Crippen molar-refractivity contribution in [1.29, 1.82) is 0 Å². The Morgan fingerprint density at radius 2 is 2.08 bits per heavy atom.